The van der Waals surface area contributed by atoms with Crippen LogP contribution in [0.25, 0.3) is 5.69 Å². The van der Waals surface area contributed by atoms with Crippen molar-refractivity contribution < 1.29 is 9.90 Å². The molecule has 0 aliphatic heterocycles. The van der Waals surface area contributed by atoms with Crippen molar-refractivity contribution in [2.45, 2.75) is 13.8 Å². The number of carboxylic acid groups (broad SMARTS) is 1. The van der Waals surface area contributed by atoms with Crippen LogP contribution in [0.3, 0.4) is 0 Å². The standard InChI is InChI=1S/C12H11ClN2O2/c1-7-11(12(16)17)8(2)15(14-7)10-5-3-9(13)4-6-10/h3-6H,1-2H3,(H,16,17). The summed E-state index contributed by atoms with van der Waals surface area (Å²) in [5, 5.41) is 13.9. The highest BCUT2D eigenvalue weighted by molar-refractivity contribution is 6.30. The Kier molecular flexibility index (Phi) is 2.90. The zero-order valence-corrected chi connectivity index (χ0v) is 10.2. The van der Waals surface area contributed by atoms with Crippen molar-refractivity contribution >= 4 is 17.6 Å². The summed E-state index contributed by atoms with van der Waals surface area (Å²) in [5.41, 5.74) is 2.16. The summed E-state index contributed by atoms with van der Waals surface area (Å²) in [5.74, 6) is -0.958. The molecule has 17 heavy (non-hydrogen) atoms. The SMILES string of the molecule is Cc1nn(-c2ccc(Cl)cc2)c(C)c1C(=O)O. The molecule has 1 aromatic heterocycles. The lowest BCUT2D eigenvalue weighted by atomic mass is 10.2. The highest BCUT2D eigenvalue weighted by Crippen LogP contribution is 2.19. The molecule has 0 radical (unpaired) electrons. The topological polar surface area (TPSA) is 55.1 Å². The van der Waals surface area contributed by atoms with Gasteiger partial charge in [0.1, 0.15) is 5.56 Å². The van der Waals surface area contributed by atoms with E-state index in [1.807, 2.05) is 0 Å². The molecule has 0 fully saturated rings. The molecule has 1 N–H and O–H groups in total. The summed E-state index contributed by atoms with van der Waals surface area (Å²) in [6.45, 7) is 3.42. The molecule has 0 aliphatic rings. The van der Waals surface area contributed by atoms with Crippen LogP contribution < -0.4 is 0 Å². The van der Waals surface area contributed by atoms with Gasteiger partial charge in [-0.25, -0.2) is 9.48 Å². The number of aromatic carboxylic acids is 1. The molecule has 88 valence electrons. The molecular formula is C12H11ClN2O2. The minimum atomic E-state index is -0.958. The zero-order chi connectivity index (χ0) is 12.6. The van der Waals surface area contributed by atoms with Gasteiger partial charge in [-0.1, -0.05) is 11.6 Å². The van der Waals surface area contributed by atoms with Gasteiger partial charge in [0.05, 0.1) is 17.1 Å². The average molecular weight is 251 g/mol. The summed E-state index contributed by atoms with van der Waals surface area (Å²) in [6.07, 6.45) is 0. The van der Waals surface area contributed by atoms with Crippen LogP contribution in [0.2, 0.25) is 5.02 Å². The highest BCUT2D eigenvalue weighted by atomic mass is 35.5. The van der Waals surface area contributed by atoms with Gasteiger partial charge in [-0.3, -0.25) is 0 Å². The maximum atomic E-state index is 11.1. The number of aryl methyl sites for hydroxylation is 1. The molecule has 2 rings (SSSR count). The van der Waals surface area contributed by atoms with Crippen molar-refractivity contribution in [3.8, 4) is 5.69 Å². The van der Waals surface area contributed by atoms with Crippen molar-refractivity contribution in [2.24, 2.45) is 0 Å². The molecule has 1 aromatic carbocycles. The normalized spacial score (nSPS) is 10.5. The van der Waals surface area contributed by atoms with E-state index >= 15 is 0 Å². The number of benzene rings is 1. The van der Waals surface area contributed by atoms with Crippen LogP contribution in [-0.2, 0) is 0 Å². The number of carbonyl (C=O) groups is 1. The van der Waals surface area contributed by atoms with E-state index in [4.69, 9.17) is 16.7 Å². The third kappa shape index (κ3) is 2.03. The Balaban J connectivity index is 2.57. The Bertz CT molecular complexity index is 573. The van der Waals surface area contributed by atoms with Crippen LogP contribution in [-0.4, -0.2) is 20.9 Å². The largest absolute Gasteiger partial charge is 0.478 e. The molecule has 4 nitrogen and oxygen atoms in total. The summed E-state index contributed by atoms with van der Waals surface area (Å²) < 4.78 is 1.61. The van der Waals surface area contributed by atoms with Crippen LogP contribution in [0.15, 0.2) is 24.3 Å². The summed E-state index contributed by atoms with van der Waals surface area (Å²) >= 11 is 5.80. The molecule has 0 amide bonds. The fraction of sp³-hybridized carbons (Fsp3) is 0.167. The maximum absolute atomic E-state index is 11.1. The Hall–Kier alpha value is -1.81. The fourth-order valence-electron chi connectivity index (χ4n) is 1.79. The number of aromatic nitrogens is 2. The van der Waals surface area contributed by atoms with Crippen LogP contribution in [0.1, 0.15) is 21.7 Å². The molecule has 0 aliphatic carbocycles. The van der Waals surface area contributed by atoms with Crippen LogP contribution in [0.5, 0.6) is 0 Å². The predicted octanol–water partition coefficient (Wildman–Crippen LogP) is 2.84. The van der Waals surface area contributed by atoms with Crippen molar-refractivity contribution in [3.63, 3.8) is 0 Å². The Morgan fingerprint density at radius 3 is 2.35 bits per heavy atom. The second-order valence-corrected chi connectivity index (χ2v) is 4.18. The molecule has 0 atom stereocenters. The Labute approximate surface area is 103 Å². The third-order valence-electron chi connectivity index (χ3n) is 2.58. The van der Waals surface area contributed by atoms with Crippen LogP contribution >= 0.6 is 11.6 Å². The fourth-order valence-corrected chi connectivity index (χ4v) is 1.91. The lowest BCUT2D eigenvalue weighted by Crippen LogP contribution is -2.02. The second kappa shape index (κ2) is 4.22. The molecular weight excluding hydrogens is 240 g/mol. The Morgan fingerprint density at radius 2 is 1.88 bits per heavy atom. The number of hydrogen-bond donors (Lipinski definition) is 1. The average Bonchev–Trinajstić information content (AvgIpc) is 2.55. The number of carboxylic acids is 1. The first kappa shape index (κ1) is 11.7. The van der Waals surface area contributed by atoms with Crippen LogP contribution in [0, 0.1) is 13.8 Å². The highest BCUT2D eigenvalue weighted by Gasteiger charge is 2.18. The molecule has 0 saturated heterocycles. The molecule has 0 unspecified atom stereocenters. The molecule has 5 heteroatoms. The van der Waals surface area contributed by atoms with E-state index in [2.05, 4.69) is 5.10 Å². The number of halogens is 1. The van der Waals surface area contributed by atoms with Gasteiger partial charge in [0, 0.05) is 5.02 Å². The third-order valence-corrected chi connectivity index (χ3v) is 2.83. The van der Waals surface area contributed by atoms with Gasteiger partial charge in [-0.05, 0) is 38.1 Å². The van der Waals surface area contributed by atoms with E-state index in [0.717, 1.165) is 5.69 Å². The number of rotatable bonds is 2. The van der Waals surface area contributed by atoms with Gasteiger partial charge in [-0.15, -0.1) is 0 Å². The van der Waals surface area contributed by atoms with Crippen molar-refractivity contribution in [1.29, 1.82) is 0 Å². The maximum Gasteiger partial charge on any atom is 0.339 e. The summed E-state index contributed by atoms with van der Waals surface area (Å²) in [6, 6.07) is 7.09. The Morgan fingerprint density at radius 1 is 1.29 bits per heavy atom. The number of nitrogens with zero attached hydrogens (tertiary/aromatic N) is 2. The van der Waals surface area contributed by atoms with E-state index in [-0.39, 0.29) is 5.56 Å². The molecule has 0 saturated carbocycles. The van der Waals surface area contributed by atoms with Gasteiger partial charge in [0.15, 0.2) is 0 Å². The van der Waals surface area contributed by atoms with E-state index < -0.39 is 5.97 Å². The molecule has 0 spiro atoms. The molecule has 0 bridgehead atoms. The smallest absolute Gasteiger partial charge is 0.339 e. The van der Waals surface area contributed by atoms with Crippen molar-refractivity contribution in [3.05, 3.63) is 46.2 Å². The lowest BCUT2D eigenvalue weighted by Gasteiger charge is -2.04. The summed E-state index contributed by atoms with van der Waals surface area (Å²) in [4.78, 5) is 11.1. The second-order valence-electron chi connectivity index (χ2n) is 3.74. The quantitative estimate of drug-likeness (QED) is 0.892. The first-order chi connectivity index (χ1) is 8.00. The summed E-state index contributed by atoms with van der Waals surface area (Å²) in [7, 11) is 0. The van der Waals surface area contributed by atoms with E-state index in [9.17, 15) is 4.79 Å². The van der Waals surface area contributed by atoms with Gasteiger partial charge in [0.2, 0.25) is 0 Å². The van der Waals surface area contributed by atoms with E-state index in [1.165, 1.54) is 0 Å². The first-order valence-corrected chi connectivity index (χ1v) is 5.44. The monoisotopic (exact) mass is 250 g/mol. The van der Waals surface area contributed by atoms with Crippen molar-refractivity contribution in [2.75, 3.05) is 0 Å². The van der Waals surface area contributed by atoms with E-state index in [1.54, 1.807) is 42.8 Å². The van der Waals surface area contributed by atoms with E-state index in [0.29, 0.717) is 16.4 Å². The van der Waals surface area contributed by atoms with Gasteiger partial charge in [-0.2, -0.15) is 5.10 Å². The minimum absolute atomic E-state index is 0.250. The molecule has 2 aromatic rings. The van der Waals surface area contributed by atoms with Gasteiger partial charge >= 0.3 is 5.97 Å². The predicted molar refractivity (Wildman–Crippen MR) is 65.0 cm³/mol. The van der Waals surface area contributed by atoms with Crippen molar-refractivity contribution in [1.82, 2.24) is 9.78 Å². The van der Waals surface area contributed by atoms with Gasteiger partial charge in [0.25, 0.3) is 0 Å². The number of hydrogen-bond acceptors (Lipinski definition) is 2. The zero-order valence-electron chi connectivity index (χ0n) is 9.44. The minimum Gasteiger partial charge on any atom is -0.478 e. The molecule has 1 heterocycles. The van der Waals surface area contributed by atoms with Crippen LogP contribution in [0.4, 0.5) is 0 Å². The first-order valence-electron chi connectivity index (χ1n) is 5.06. The lowest BCUT2D eigenvalue weighted by molar-refractivity contribution is 0.0695. The van der Waals surface area contributed by atoms with Gasteiger partial charge < -0.3 is 5.11 Å².